The second-order valence-corrected chi connectivity index (χ2v) is 4.41. The van der Waals surface area contributed by atoms with Crippen LogP contribution in [0.3, 0.4) is 0 Å². The Morgan fingerprint density at radius 3 is 2.75 bits per heavy atom. The van der Waals surface area contributed by atoms with Gasteiger partial charge in [-0.3, -0.25) is 4.79 Å². The number of oxime groups is 1. The molecule has 0 radical (unpaired) electrons. The molecule has 1 atom stereocenters. The summed E-state index contributed by atoms with van der Waals surface area (Å²) in [4.78, 5) is 11.8. The number of nitrogens with zero attached hydrogens (tertiary/aromatic N) is 1. The van der Waals surface area contributed by atoms with Gasteiger partial charge in [-0.15, -0.1) is 0 Å². The Bertz CT molecular complexity index is 262. The minimum atomic E-state index is -0.491. The van der Waals surface area contributed by atoms with Crippen molar-refractivity contribution in [3.8, 4) is 0 Å². The van der Waals surface area contributed by atoms with E-state index in [2.05, 4.69) is 10.5 Å². The maximum absolute atomic E-state index is 11.8. The van der Waals surface area contributed by atoms with Crippen LogP contribution in [0.15, 0.2) is 5.16 Å². The van der Waals surface area contributed by atoms with E-state index in [-0.39, 0.29) is 11.7 Å². The highest BCUT2D eigenvalue weighted by Gasteiger charge is 2.24. The molecule has 0 heterocycles. The SMILES string of the molecule is CCCC(C(=O)NCC1CCC1)C(N)=NO. The summed E-state index contributed by atoms with van der Waals surface area (Å²) in [7, 11) is 0. The summed E-state index contributed by atoms with van der Waals surface area (Å²) in [5.41, 5.74) is 5.50. The minimum Gasteiger partial charge on any atom is -0.409 e. The molecule has 1 amide bonds. The van der Waals surface area contributed by atoms with E-state index in [1.807, 2.05) is 6.92 Å². The molecule has 16 heavy (non-hydrogen) atoms. The monoisotopic (exact) mass is 227 g/mol. The van der Waals surface area contributed by atoms with Crippen LogP contribution in [0.5, 0.6) is 0 Å². The van der Waals surface area contributed by atoms with Crippen molar-refractivity contribution >= 4 is 11.7 Å². The number of nitrogens with two attached hydrogens (primary N) is 1. The predicted octanol–water partition coefficient (Wildman–Crippen LogP) is 1.07. The zero-order valence-electron chi connectivity index (χ0n) is 9.78. The summed E-state index contributed by atoms with van der Waals surface area (Å²) in [6, 6.07) is 0. The fraction of sp³-hybridized carbons (Fsp3) is 0.818. The highest BCUT2D eigenvalue weighted by Crippen LogP contribution is 2.25. The lowest BCUT2D eigenvalue weighted by atomic mass is 9.85. The Balaban J connectivity index is 2.39. The van der Waals surface area contributed by atoms with E-state index in [9.17, 15) is 4.79 Å². The molecular weight excluding hydrogens is 206 g/mol. The lowest BCUT2D eigenvalue weighted by molar-refractivity contribution is -0.123. The van der Waals surface area contributed by atoms with E-state index in [1.54, 1.807) is 0 Å². The Morgan fingerprint density at radius 1 is 1.62 bits per heavy atom. The van der Waals surface area contributed by atoms with Crippen molar-refractivity contribution < 1.29 is 10.0 Å². The lowest BCUT2D eigenvalue weighted by Crippen LogP contribution is -2.41. The average Bonchev–Trinajstić information content (AvgIpc) is 2.22. The van der Waals surface area contributed by atoms with Crippen LogP contribution < -0.4 is 11.1 Å². The Labute approximate surface area is 96.1 Å². The van der Waals surface area contributed by atoms with Gasteiger partial charge < -0.3 is 16.3 Å². The number of nitrogens with one attached hydrogen (secondary N) is 1. The fourth-order valence-electron chi connectivity index (χ4n) is 1.84. The first-order chi connectivity index (χ1) is 7.69. The summed E-state index contributed by atoms with van der Waals surface area (Å²) < 4.78 is 0. The summed E-state index contributed by atoms with van der Waals surface area (Å²) in [6.07, 6.45) is 5.11. The molecule has 1 saturated carbocycles. The molecule has 0 aliphatic heterocycles. The molecule has 0 saturated heterocycles. The third-order valence-electron chi connectivity index (χ3n) is 3.16. The Hall–Kier alpha value is -1.26. The molecule has 1 unspecified atom stereocenters. The van der Waals surface area contributed by atoms with Crippen molar-refractivity contribution in [2.45, 2.75) is 39.0 Å². The fourth-order valence-corrected chi connectivity index (χ4v) is 1.84. The molecule has 1 fully saturated rings. The molecule has 92 valence electrons. The molecule has 1 aliphatic carbocycles. The second-order valence-electron chi connectivity index (χ2n) is 4.41. The van der Waals surface area contributed by atoms with E-state index in [4.69, 9.17) is 10.9 Å². The highest BCUT2D eigenvalue weighted by atomic mass is 16.4. The van der Waals surface area contributed by atoms with E-state index in [0.717, 1.165) is 13.0 Å². The molecule has 0 bridgehead atoms. The largest absolute Gasteiger partial charge is 0.409 e. The molecule has 1 rings (SSSR count). The topological polar surface area (TPSA) is 87.7 Å². The van der Waals surface area contributed by atoms with Crippen LogP contribution in [0, 0.1) is 11.8 Å². The number of carbonyl (C=O) groups excluding carboxylic acids is 1. The van der Waals surface area contributed by atoms with Crippen molar-refractivity contribution in [1.29, 1.82) is 0 Å². The Kier molecular flexibility index (Phi) is 5.08. The van der Waals surface area contributed by atoms with Crippen LogP contribution in [-0.2, 0) is 4.79 Å². The van der Waals surface area contributed by atoms with Gasteiger partial charge in [-0.05, 0) is 25.2 Å². The maximum atomic E-state index is 11.8. The van der Waals surface area contributed by atoms with Gasteiger partial charge in [-0.2, -0.15) is 0 Å². The number of hydrogen-bond acceptors (Lipinski definition) is 3. The third-order valence-corrected chi connectivity index (χ3v) is 3.16. The van der Waals surface area contributed by atoms with Crippen LogP contribution in [0.4, 0.5) is 0 Å². The van der Waals surface area contributed by atoms with Crippen LogP contribution >= 0.6 is 0 Å². The first-order valence-electron chi connectivity index (χ1n) is 5.94. The predicted molar refractivity (Wildman–Crippen MR) is 62.2 cm³/mol. The van der Waals surface area contributed by atoms with Crippen molar-refractivity contribution in [3.63, 3.8) is 0 Å². The first kappa shape index (κ1) is 12.8. The molecule has 1 aliphatic rings. The van der Waals surface area contributed by atoms with Crippen LogP contribution in [0.25, 0.3) is 0 Å². The van der Waals surface area contributed by atoms with Crippen molar-refractivity contribution in [2.24, 2.45) is 22.7 Å². The van der Waals surface area contributed by atoms with Crippen molar-refractivity contribution in [2.75, 3.05) is 6.54 Å². The van der Waals surface area contributed by atoms with Gasteiger partial charge >= 0.3 is 0 Å². The van der Waals surface area contributed by atoms with Crippen molar-refractivity contribution in [3.05, 3.63) is 0 Å². The highest BCUT2D eigenvalue weighted by molar-refractivity contribution is 6.02. The number of hydrogen-bond donors (Lipinski definition) is 3. The van der Waals surface area contributed by atoms with Gasteiger partial charge in [0, 0.05) is 6.54 Å². The first-order valence-corrected chi connectivity index (χ1v) is 5.94. The molecule has 5 nitrogen and oxygen atoms in total. The number of rotatable bonds is 6. The minimum absolute atomic E-state index is 0.00737. The van der Waals surface area contributed by atoms with E-state index >= 15 is 0 Å². The maximum Gasteiger partial charge on any atom is 0.230 e. The average molecular weight is 227 g/mol. The summed E-state index contributed by atoms with van der Waals surface area (Å²) in [6.45, 7) is 2.69. The standard InChI is InChI=1S/C11H21N3O2/c1-2-4-9(10(12)14-16)11(15)13-7-8-5-3-6-8/h8-9,16H,2-7H2,1H3,(H2,12,14)(H,13,15). The van der Waals surface area contributed by atoms with Gasteiger partial charge in [0.15, 0.2) is 5.84 Å². The summed E-state index contributed by atoms with van der Waals surface area (Å²) in [5, 5.41) is 14.4. The normalized spacial score (nSPS) is 18.9. The summed E-state index contributed by atoms with van der Waals surface area (Å²) in [5.74, 6) is 0.0191. The van der Waals surface area contributed by atoms with Gasteiger partial charge in [0.1, 0.15) is 0 Å². The van der Waals surface area contributed by atoms with Gasteiger partial charge in [0.25, 0.3) is 0 Å². The van der Waals surface area contributed by atoms with Crippen molar-refractivity contribution in [1.82, 2.24) is 5.32 Å². The number of carbonyl (C=O) groups is 1. The van der Waals surface area contributed by atoms with Crippen LogP contribution in [-0.4, -0.2) is 23.5 Å². The van der Waals surface area contributed by atoms with Gasteiger partial charge in [0.2, 0.25) is 5.91 Å². The number of amidine groups is 1. The number of amides is 1. The summed E-state index contributed by atoms with van der Waals surface area (Å²) >= 11 is 0. The lowest BCUT2D eigenvalue weighted by Gasteiger charge is -2.26. The molecule has 5 heteroatoms. The molecule has 0 spiro atoms. The molecule has 0 aromatic heterocycles. The van der Waals surface area contributed by atoms with Crippen LogP contribution in [0.1, 0.15) is 39.0 Å². The van der Waals surface area contributed by atoms with Gasteiger partial charge in [-0.1, -0.05) is 24.9 Å². The Morgan fingerprint density at radius 2 is 2.31 bits per heavy atom. The molecule has 0 aromatic carbocycles. The van der Waals surface area contributed by atoms with E-state index in [1.165, 1.54) is 19.3 Å². The second kappa shape index (κ2) is 6.35. The molecular formula is C11H21N3O2. The third kappa shape index (κ3) is 3.40. The van der Waals surface area contributed by atoms with Gasteiger partial charge in [0.05, 0.1) is 5.92 Å². The van der Waals surface area contributed by atoms with E-state index < -0.39 is 5.92 Å². The molecule has 0 aromatic rings. The smallest absolute Gasteiger partial charge is 0.230 e. The van der Waals surface area contributed by atoms with E-state index in [0.29, 0.717) is 12.3 Å². The zero-order valence-corrected chi connectivity index (χ0v) is 9.78. The van der Waals surface area contributed by atoms with Gasteiger partial charge in [-0.25, -0.2) is 0 Å². The molecule has 4 N–H and O–H groups in total. The zero-order chi connectivity index (χ0) is 12.0. The quantitative estimate of drug-likeness (QED) is 0.274. The van der Waals surface area contributed by atoms with Crippen LogP contribution in [0.2, 0.25) is 0 Å².